The second kappa shape index (κ2) is 7.53. The van der Waals surface area contributed by atoms with E-state index in [0.29, 0.717) is 18.2 Å². The Bertz CT molecular complexity index is 882. The number of hydrogen-bond acceptors (Lipinski definition) is 4. The van der Waals surface area contributed by atoms with Crippen molar-refractivity contribution in [2.45, 2.75) is 13.5 Å². The van der Waals surface area contributed by atoms with Crippen LogP contribution >= 0.6 is 0 Å². The summed E-state index contributed by atoms with van der Waals surface area (Å²) in [5.41, 5.74) is 2.02. The molecular formula is C19H19N5O. The van der Waals surface area contributed by atoms with Crippen LogP contribution in [0.4, 0.5) is 0 Å². The van der Waals surface area contributed by atoms with Gasteiger partial charge in [-0.25, -0.2) is 14.7 Å². The Balaban J connectivity index is 2.02. The van der Waals surface area contributed by atoms with Crippen LogP contribution in [0.25, 0.3) is 11.4 Å². The largest absolute Gasteiger partial charge is 0.497 e. The van der Waals surface area contributed by atoms with Crippen LogP contribution in [-0.4, -0.2) is 33.9 Å². The summed E-state index contributed by atoms with van der Waals surface area (Å²) in [7, 11) is 1.63. The molecule has 1 heterocycles. The quantitative estimate of drug-likeness (QED) is 0.574. The molecule has 0 aliphatic carbocycles. The molecule has 0 aliphatic heterocycles. The number of nitrogens with zero attached hydrogens (tertiary/aromatic N) is 4. The topological polar surface area (TPSA) is 76.2 Å². The van der Waals surface area contributed by atoms with Gasteiger partial charge in [0.2, 0.25) is 5.82 Å². The smallest absolute Gasteiger partial charge is 0.218 e. The maximum Gasteiger partial charge on any atom is 0.218 e. The van der Waals surface area contributed by atoms with Crippen molar-refractivity contribution < 1.29 is 4.74 Å². The summed E-state index contributed by atoms with van der Waals surface area (Å²) >= 11 is 0. The van der Waals surface area contributed by atoms with Crippen LogP contribution in [0, 0.1) is 5.41 Å². The van der Waals surface area contributed by atoms with Crippen molar-refractivity contribution in [2.24, 2.45) is 4.99 Å². The lowest BCUT2D eigenvalue weighted by atomic mass is 10.2. The summed E-state index contributed by atoms with van der Waals surface area (Å²) in [6, 6.07) is 17.7. The molecule has 3 rings (SSSR count). The molecular weight excluding hydrogens is 314 g/mol. The van der Waals surface area contributed by atoms with Crippen molar-refractivity contribution in [2.75, 3.05) is 7.11 Å². The van der Waals surface area contributed by atoms with Gasteiger partial charge in [0, 0.05) is 11.8 Å². The van der Waals surface area contributed by atoms with Gasteiger partial charge in [-0.15, -0.1) is 5.10 Å². The molecule has 3 aromatic rings. The molecule has 0 saturated carbocycles. The SMILES string of the molecule is CC=NC(=N)c1nc(-c2ccc(OC)cc2)n(Cc2ccccc2)n1. The molecule has 0 saturated heterocycles. The van der Waals surface area contributed by atoms with Crippen molar-refractivity contribution in [3.63, 3.8) is 0 Å². The average molecular weight is 333 g/mol. The molecule has 0 unspecified atom stereocenters. The fourth-order valence-corrected chi connectivity index (χ4v) is 2.45. The van der Waals surface area contributed by atoms with E-state index in [4.69, 9.17) is 10.1 Å². The highest BCUT2D eigenvalue weighted by Crippen LogP contribution is 2.22. The van der Waals surface area contributed by atoms with E-state index in [9.17, 15) is 0 Å². The number of benzene rings is 2. The van der Waals surface area contributed by atoms with Gasteiger partial charge in [0.15, 0.2) is 11.7 Å². The first-order chi connectivity index (χ1) is 12.2. The van der Waals surface area contributed by atoms with Gasteiger partial charge in [-0.05, 0) is 36.8 Å². The number of ether oxygens (including phenoxy) is 1. The highest BCUT2D eigenvalue weighted by molar-refractivity contribution is 5.97. The molecule has 2 aromatic carbocycles. The lowest BCUT2D eigenvalue weighted by molar-refractivity contribution is 0.415. The first-order valence-electron chi connectivity index (χ1n) is 7.92. The summed E-state index contributed by atoms with van der Waals surface area (Å²) in [5, 5.41) is 12.5. The van der Waals surface area contributed by atoms with Gasteiger partial charge in [-0.3, -0.25) is 5.41 Å². The molecule has 1 N–H and O–H groups in total. The lowest BCUT2D eigenvalue weighted by Crippen LogP contribution is -2.05. The molecule has 6 heteroatoms. The molecule has 0 atom stereocenters. The van der Waals surface area contributed by atoms with Gasteiger partial charge in [0.1, 0.15) is 5.75 Å². The van der Waals surface area contributed by atoms with Crippen molar-refractivity contribution >= 4 is 12.1 Å². The Morgan fingerprint density at radius 3 is 2.52 bits per heavy atom. The molecule has 6 nitrogen and oxygen atoms in total. The van der Waals surface area contributed by atoms with Crippen molar-refractivity contribution in [3.8, 4) is 17.1 Å². The fourth-order valence-electron chi connectivity index (χ4n) is 2.45. The van der Waals surface area contributed by atoms with Gasteiger partial charge < -0.3 is 4.74 Å². The predicted octanol–water partition coefficient (Wildman–Crippen LogP) is 3.42. The second-order valence-corrected chi connectivity index (χ2v) is 5.37. The highest BCUT2D eigenvalue weighted by Gasteiger charge is 2.15. The number of nitrogens with one attached hydrogen (secondary N) is 1. The zero-order valence-electron chi connectivity index (χ0n) is 14.2. The van der Waals surface area contributed by atoms with Crippen molar-refractivity contribution in [1.82, 2.24) is 14.8 Å². The van der Waals surface area contributed by atoms with Gasteiger partial charge in [0.05, 0.1) is 13.7 Å². The molecule has 0 bridgehead atoms. The van der Waals surface area contributed by atoms with Gasteiger partial charge in [-0.2, -0.15) is 0 Å². The van der Waals surface area contributed by atoms with Crippen LogP contribution in [0.3, 0.4) is 0 Å². The van der Waals surface area contributed by atoms with E-state index in [1.54, 1.807) is 24.9 Å². The molecule has 25 heavy (non-hydrogen) atoms. The molecule has 0 aliphatic rings. The van der Waals surface area contributed by atoms with E-state index in [2.05, 4.69) is 15.1 Å². The Morgan fingerprint density at radius 1 is 1.16 bits per heavy atom. The zero-order valence-corrected chi connectivity index (χ0v) is 14.2. The first kappa shape index (κ1) is 16.6. The number of rotatable bonds is 5. The molecule has 126 valence electrons. The normalized spacial score (nSPS) is 11.0. The molecule has 0 fully saturated rings. The molecule has 0 spiro atoms. The third-order valence-electron chi connectivity index (χ3n) is 3.67. The van der Waals surface area contributed by atoms with Crippen LogP contribution in [0.5, 0.6) is 5.75 Å². The first-order valence-corrected chi connectivity index (χ1v) is 7.92. The van der Waals surface area contributed by atoms with Crippen LogP contribution in [0.2, 0.25) is 0 Å². The lowest BCUT2D eigenvalue weighted by Gasteiger charge is -2.07. The number of methoxy groups -OCH3 is 1. The predicted molar refractivity (Wildman–Crippen MR) is 98.5 cm³/mol. The Labute approximate surface area is 146 Å². The summed E-state index contributed by atoms with van der Waals surface area (Å²) in [5.74, 6) is 1.82. The maximum atomic E-state index is 7.99. The van der Waals surface area contributed by atoms with Gasteiger partial charge in [0.25, 0.3) is 0 Å². The number of aliphatic imine (C=N–C) groups is 1. The van der Waals surface area contributed by atoms with Crippen LogP contribution in [0.15, 0.2) is 59.6 Å². The maximum absolute atomic E-state index is 7.99. The van der Waals surface area contributed by atoms with E-state index in [0.717, 1.165) is 16.9 Å². The van der Waals surface area contributed by atoms with E-state index in [1.165, 1.54) is 0 Å². The van der Waals surface area contributed by atoms with E-state index < -0.39 is 0 Å². The third-order valence-corrected chi connectivity index (χ3v) is 3.67. The molecule has 0 amide bonds. The minimum absolute atomic E-state index is 0.0454. The summed E-state index contributed by atoms with van der Waals surface area (Å²) in [4.78, 5) is 8.50. The van der Waals surface area contributed by atoms with Crippen LogP contribution < -0.4 is 4.74 Å². The second-order valence-electron chi connectivity index (χ2n) is 5.37. The minimum atomic E-state index is 0.0454. The summed E-state index contributed by atoms with van der Waals surface area (Å²) in [6.07, 6.45) is 1.56. The molecule has 0 radical (unpaired) electrons. The molecule has 1 aromatic heterocycles. The van der Waals surface area contributed by atoms with E-state index in [-0.39, 0.29) is 5.84 Å². The average Bonchev–Trinajstić information content (AvgIpc) is 3.07. The Kier molecular flexibility index (Phi) is 4.99. The van der Waals surface area contributed by atoms with E-state index >= 15 is 0 Å². The fraction of sp³-hybridized carbons (Fsp3) is 0.158. The monoisotopic (exact) mass is 333 g/mol. The standard InChI is InChI=1S/C19H19N5O/c1-3-21-17(20)18-22-19(15-9-11-16(25-2)12-10-15)24(23-18)13-14-7-5-4-6-8-14/h3-12,20H,13H2,1-2H3. The Hall–Kier alpha value is -3.28. The summed E-state index contributed by atoms with van der Waals surface area (Å²) < 4.78 is 7.01. The highest BCUT2D eigenvalue weighted by atomic mass is 16.5. The third kappa shape index (κ3) is 3.80. The van der Waals surface area contributed by atoms with E-state index in [1.807, 2.05) is 54.6 Å². The van der Waals surface area contributed by atoms with Crippen LogP contribution in [0.1, 0.15) is 18.3 Å². The number of amidine groups is 1. The van der Waals surface area contributed by atoms with Crippen molar-refractivity contribution in [3.05, 3.63) is 66.0 Å². The van der Waals surface area contributed by atoms with Gasteiger partial charge >= 0.3 is 0 Å². The summed E-state index contributed by atoms with van der Waals surface area (Å²) in [6.45, 7) is 2.33. The minimum Gasteiger partial charge on any atom is -0.497 e. The number of hydrogen-bond donors (Lipinski definition) is 1. The van der Waals surface area contributed by atoms with Crippen LogP contribution in [-0.2, 0) is 6.54 Å². The Morgan fingerprint density at radius 2 is 1.88 bits per heavy atom. The van der Waals surface area contributed by atoms with Gasteiger partial charge in [-0.1, -0.05) is 30.3 Å². The van der Waals surface area contributed by atoms with Crippen molar-refractivity contribution in [1.29, 1.82) is 5.41 Å². The zero-order chi connectivity index (χ0) is 17.6. The number of aromatic nitrogens is 3.